The first kappa shape index (κ1) is 15.4. The van der Waals surface area contributed by atoms with Gasteiger partial charge in [0.2, 0.25) is 0 Å². The number of benzene rings is 2. The molecular weight excluding hydrogens is 306 g/mol. The quantitative estimate of drug-likeness (QED) is 0.465. The highest BCUT2D eigenvalue weighted by Crippen LogP contribution is 2.28. The number of carbonyl (C=O) groups excluding carboxylic acids is 1. The van der Waals surface area contributed by atoms with Crippen molar-refractivity contribution in [2.75, 3.05) is 0 Å². The van der Waals surface area contributed by atoms with Gasteiger partial charge in [-0.05, 0) is 47.7 Å². The van der Waals surface area contributed by atoms with Crippen LogP contribution >= 0.6 is 0 Å². The lowest BCUT2D eigenvalue weighted by Gasteiger charge is -2.05. The Morgan fingerprint density at radius 2 is 1.60 bits per heavy atom. The minimum absolute atomic E-state index is 0.703. The number of aryl methyl sites for hydroxylation is 1. The molecule has 2 heterocycles. The summed E-state index contributed by atoms with van der Waals surface area (Å²) >= 11 is 0. The standard InChI is InChI=1S/C23H19NO/c1-17-6-5-13-24-22(17)15-21(23(24)16-25)20-11-9-19(10-12-20)14-18-7-3-2-4-8-18/h2-13,15-16H,14H2,1H3. The Balaban J connectivity index is 1.72. The Morgan fingerprint density at radius 1 is 0.880 bits per heavy atom. The van der Waals surface area contributed by atoms with Gasteiger partial charge in [-0.3, -0.25) is 4.79 Å². The molecule has 0 fully saturated rings. The van der Waals surface area contributed by atoms with E-state index in [1.54, 1.807) is 0 Å². The van der Waals surface area contributed by atoms with Crippen molar-refractivity contribution in [3.63, 3.8) is 0 Å². The fraction of sp³-hybridized carbons (Fsp3) is 0.0870. The van der Waals surface area contributed by atoms with Crippen LogP contribution in [0.3, 0.4) is 0 Å². The molecule has 4 rings (SSSR count). The van der Waals surface area contributed by atoms with Crippen LogP contribution in [0.5, 0.6) is 0 Å². The molecule has 0 aliphatic carbocycles. The highest BCUT2D eigenvalue weighted by molar-refractivity contribution is 5.90. The van der Waals surface area contributed by atoms with Crippen LogP contribution in [0.25, 0.3) is 16.6 Å². The summed E-state index contributed by atoms with van der Waals surface area (Å²) in [6.45, 7) is 2.07. The van der Waals surface area contributed by atoms with Gasteiger partial charge in [-0.25, -0.2) is 0 Å². The zero-order chi connectivity index (χ0) is 17.2. The van der Waals surface area contributed by atoms with Crippen LogP contribution in [-0.2, 0) is 6.42 Å². The highest BCUT2D eigenvalue weighted by atomic mass is 16.1. The molecule has 122 valence electrons. The molecule has 0 aliphatic rings. The summed E-state index contributed by atoms with van der Waals surface area (Å²) in [6.07, 6.45) is 3.80. The number of nitrogens with zero attached hydrogens (tertiary/aromatic N) is 1. The van der Waals surface area contributed by atoms with Crippen LogP contribution in [0, 0.1) is 6.92 Å². The second-order valence-electron chi connectivity index (χ2n) is 6.37. The van der Waals surface area contributed by atoms with E-state index in [-0.39, 0.29) is 0 Å². The number of pyridine rings is 1. The van der Waals surface area contributed by atoms with Crippen molar-refractivity contribution in [2.24, 2.45) is 0 Å². The van der Waals surface area contributed by atoms with E-state index in [0.29, 0.717) is 5.69 Å². The molecule has 0 N–H and O–H groups in total. The van der Waals surface area contributed by atoms with Gasteiger partial charge in [-0.2, -0.15) is 0 Å². The predicted octanol–water partition coefficient (Wildman–Crippen LogP) is 5.32. The number of hydrogen-bond donors (Lipinski definition) is 0. The molecule has 2 nitrogen and oxygen atoms in total. The molecule has 0 atom stereocenters. The van der Waals surface area contributed by atoms with Gasteiger partial charge in [-0.1, -0.05) is 60.7 Å². The van der Waals surface area contributed by atoms with Gasteiger partial charge < -0.3 is 4.40 Å². The van der Waals surface area contributed by atoms with Gasteiger partial charge in [-0.15, -0.1) is 0 Å². The molecule has 0 saturated carbocycles. The fourth-order valence-corrected chi connectivity index (χ4v) is 3.35. The van der Waals surface area contributed by atoms with Crippen LogP contribution in [0.2, 0.25) is 0 Å². The SMILES string of the molecule is Cc1cccn2c(C=O)c(-c3ccc(Cc4ccccc4)cc3)cc12. The van der Waals surface area contributed by atoms with Gasteiger partial charge in [0.05, 0.1) is 5.69 Å². The normalized spacial score (nSPS) is 10.9. The lowest BCUT2D eigenvalue weighted by Crippen LogP contribution is -1.93. The average Bonchev–Trinajstić information content (AvgIpc) is 3.03. The molecule has 2 aromatic heterocycles. The molecule has 0 bridgehead atoms. The maximum atomic E-state index is 11.7. The van der Waals surface area contributed by atoms with E-state index in [0.717, 1.165) is 34.9 Å². The van der Waals surface area contributed by atoms with Crippen LogP contribution in [0.4, 0.5) is 0 Å². The summed E-state index contributed by atoms with van der Waals surface area (Å²) in [5, 5.41) is 0. The van der Waals surface area contributed by atoms with Crippen LogP contribution < -0.4 is 0 Å². The number of rotatable bonds is 4. The van der Waals surface area contributed by atoms with Crippen LogP contribution in [0.15, 0.2) is 79.0 Å². The molecule has 0 unspecified atom stereocenters. The second kappa shape index (κ2) is 6.40. The summed E-state index contributed by atoms with van der Waals surface area (Å²) in [4.78, 5) is 11.7. The summed E-state index contributed by atoms with van der Waals surface area (Å²) in [7, 11) is 0. The largest absolute Gasteiger partial charge is 0.313 e. The molecule has 4 aromatic rings. The van der Waals surface area contributed by atoms with E-state index in [1.165, 1.54) is 11.1 Å². The second-order valence-corrected chi connectivity index (χ2v) is 6.37. The number of aromatic nitrogens is 1. The summed E-state index contributed by atoms with van der Waals surface area (Å²) in [5.41, 5.74) is 7.56. The van der Waals surface area contributed by atoms with Gasteiger partial charge in [0.1, 0.15) is 0 Å². The number of hydrogen-bond acceptors (Lipinski definition) is 1. The monoisotopic (exact) mass is 325 g/mol. The van der Waals surface area contributed by atoms with E-state index in [1.807, 2.05) is 22.7 Å². The van der Waals surface area contributed by atoms with Crippen molar-refractivity contribution in [1.29, 1.82) is 0 Å². The first-order valence-electron chi connectivity index (χ1n) is 8.45. The summed E-state index contributed by atoms with van der Waals surface area (Å²) < 4.78 is 1.97. The maximum absolute atomic E-state index is 11.7. The minimum Gasteiger partial charge on any atom is -0.313 e. The van der Waals surface area contributed by atoms with Gasteiger partial charge >= 0.3 is 0 Å². The van der Waals surface area contributed by atoms with E-state index in [4.69, 9.17) is 0 Å². The molecule has 0 spiro atoms. The zero-order valence-corrected chi connectivity index (χ0v) is 14.1. The number of fused-ring (bicyclic) bond motifs is 1. The van der Waals surface area contributed by atoms with Crippen molar-refractivity contribution < 1.29 is 4.79 Å². The Kier molecular flexibility index (Phi) is 3.95. The third kappa shape index (κ3) is 2.87. The molecule has 2 aromatic carbocycles. The van der Waals surface area contributed by atoms with E-state index in [2.05, 4.69) is 67.6 Å². The topological polar surface area (TPSA) is 21.5 Å². The molecule has 0 aliphatic heterocycles. The van der Waals surface area contributed by atoms with Crippen LogP contribution in [-0.4, -0.2) is 10.7 Å². The van der Waals surface area contributed by atoms with Crippen molar-refractivity contribution in [1.82, 2.24) is 4.40 Å². The molecule has 2 heteroatoms. The van der Waals surface area contributed by atoms with E-state index < -0.39 is 0 Å². The molecule has 25 heavy (non-hydrogen) atoms. The lowest BCUT2D eigenvalue weighted by molar-refractivity contribution is 0.111. The number of aldehydes is 1. The van der Waals surface area contributed by atoms with Crippen molar-refractivity contribution in [3.8, 4) is 11.1 Å². The van der Waals surface area contributed by atoms with Crippen molar-refractivity contribution >= 4 is 11.8 Å². The van der Waals surface area contributed by atoms with E-state index in [9.17, 15) is 4.79 Å². The van der Waals surface area contributed by atoms with Gasteiger partial charge in [0.25, 0.3) is 0 Å². The maximum Gasteiger partial charge on any atom is 0.167 e. The molecule has 0 radical (unpaired) electrons. The molecular formula is C23H19NO. The van der Waals surface area contributed by atoms with Gasteiger partial charge in [0.15, 0.2) is 6.29 Å². The number of carbonyl (C=O) groups is 1. The molecule has 0 amide bonds. The summed E-state index contributed by atoms with van der Waals surface area (Å²) in [6, 6.07) is 25.1. The smallest absolute Gasteiger partial charge is 0.167 e. The third-order valence-electron chi connectivity index (χ3n) is 4.69. The third-order valence-corrected chi connectivity index (χ3v) is 4.69. The first-order valence-corrected chi connectivity index (χ1v) is 8.45. The average molecular weight is 325 g/mol. The minimum atomic E-state index is 0.703. The highest BCUT2D eigenvalue weighted by Gasteiger charge is 2.12. The fourth-order valence-electron chi connectivity index (χ4n) is 3.35. The Hall–Kier alpha value is -3.13. The Bertz CT molecular complexity index is 1030. The predicted molar refractivity (Wildman–Crippen MR) is 102 cm³/mol. The molecule has 0 saturated heterocycles. The lowest BCUT2D eigenvalue weighted by atomic mass is 10.0. The zero-order valence-electron chi connectivity index (χ0n) is 14.1. The Labute approximate surface area is 147 Å². The van der Waals surface area contributed by atoms with Gasteiger partial charge in [0, 0.05) is 17.3 Å². The van der Waals surface area contributed by atoms with Crippen molar-refractivity contribution in [3.05, 3.63) is 101 Å². The van der Waals surface area contributed by atoms with Crippen LogP contribution in [0.1, 0.15) is 27.2 Å². The van der Waals surface area contributed by atoms with Crippen molar-refractivity contribution in [2.45, 2.75) is 13.3 Å². The summed E-state index contributed by atoms with van der Waals surface area (Å²) in [5.74, 6) is 0. The first-order chi connectivity index (χ1) is 12.3. The van der Waals surface area contributed by atoms with E-state index >= 15 is 0 Å². The Morgan fingerprint density at radius 3 is 2.32 bits per heavy atom.